The first-order valence-corrected chi connectivity index (χ1v) is 8.13. The molecule has 0 aliphatic rings. The number of nitrogens with one attached hydrogen (secondary N) is 2. The van der Waals surface area contributed by atoms with E-state index < -0.39 is 24.0 Å². The molecule has 0 heterocycles. The molecule has 0 aliphatic heterocycles. The Morgan fingerprint density at radius 1 is 1.15 bits per heavy atom. The third-order valence-corrected chi connectivity index (χ3v) is 3.55. The SMILES string of the molecule is CCNC(=O)NC(=O)[C@H](OC(=O)c1cc(Cl)ccc1O)c1ccccc1. The number of hydrogen-bond acceptors (Lipinski definition) is 5. The first-order valence-electron chi connectivity index (χ1n) is 7.75. The number of urea groups is 1. The summed E-state index contributed by atoms with van der Waals surface area (Å²) in [4.78, 5) is 36.4. The number of benzene rings is 2. The largest absolute Gasteiger partial charge is 0.507 e. The summed E-state index contributed by atoms with van der Waals surface area (Å²) in [6, 6.07) is 11.4. The van der Waals surface area contributed by atoms with E-state index in [1.807, 2.05) is 0 Å². The molecule has 1 atom stereocenters. The van der Waals surface area contributed by atoms with Crippen molar-refractivity contribution in [3.8, 4) is 5.75 Å². The van der Waals surface area contributed by atoms with E-state index in [1.54, 1.807) is 37.3 Å². The monoisotopic (exact) mass is 376 g/mol. The van der Waals surface area contributed by atoms with E-state index >= 15 is 0 Å². The smallest absolute Gasteiger partial charge is 0.343 e. The van der Waals surface area contributed by atoms with Crippen LogP contribution in [0.5, 0.6) is 5.75 Å². The Bertz CT molecular complexity index is 810. The van der Waals surface area contributed by atoms with Crippen molar-refractivity contribution in [1.29, 1.82) is 0 Å². The maximum atomic E-state index is 12.4. The van der Waals surface area contributed by atoms with E-state index in [0.29, 0.717) is 12.1 Å². The van der Waals surface area contributed by atoms with Crippen molar-refractivity contribution < 1.29 is 24.2 Å². The average molecular weight is 377 g/mol. The van der Waals surface area contributed by atoms with Crippen LogP contribution in [0.3, 0.4) is 0 Å². The van der Waals surface area contributed by atoms with Crippen LogP contribution < -0.4 is 10.6 Å². The van der Waals surface area contributed by atoms with Crippen LogP contribution in [0.2, 0.25) is 5.02 Å². The van der Waals surface area contributed by atoms with E-state index in [0.717, 1.165) is 0 Å². The van der Waals surface area contributed by atoms with E-state index in [-0.39, 0.29) is 16.3 Å². The molecule has 3 amide bonds. The van der Waals surface area contributed by atoms with Gasteiger partial charge in [0, 0.05) is 17.1 Å². The highest BCUT2D eigenvalue weighted by Gasteiger charge is 2.28. The number of halogens is 1. The fraction of sp³-hybridized carbons (Fsp3) is 0.167. The van der Waals surface area contributed by atoms with Crippen LogP contribution in [-0.2, 0) is 9.53 Å². The number of imide groups is 1. The molecule has 0 saturated heterocycles. The van der Waals surface area contributed by atoms with Crippen LogP contribution in [0, 0.1) is 0 Å². The van der Waals surface area contributed by atoms with E-state index in [9.17, 15) is 19.5 Å². The molecule has 2 aromatic carbocycles. The molecular formula is C18H17ClN2O5. The standard InChI is InChI=1S/C18H17ClN2O5/c1-2-20-18(25)21-16(23)15(11-6-4-3-5-7-11)26-17(24)13-10-12(19)8-9-14(13)22/h3-10,15,22H,2H2,1H3,(H2,20,21,23,25)/t15-/m1/s1. The Balaban J connectivity index is 2.27. The second kappa shape index (κ2) is 8.87. The number of rotatable bonds is 5. The third-order valence-electron chi connectivity index (χ3n) is 3.32. The molecule has 2 aromatic rings. The lowest BCUT2D eigenvalue weighted by Crippen LogP contribution is -2.42. The number of amides is 3. The average Bonchev–Trinajstić information content (AvgIpc) is 2.62. The first kappa shape index (κ1) is 19.3. The summed E-state index contributed by atoms with van der Waals surface area (Å²) in [5, 5.41) is 14.6. The van der Waals surface area contributed by atoms with Crippen molar-refractivity contribution in [1.82, 2.24) is 10.6 Å². The highest BCUT2D eigenvalue weighted by atomic mass is 35.5. The number of carbonyl (C=O) groups is 3. The molecule has 3 N–H and O–H groups in total. The lowest BCUT2D eigenvalue weighted by atomic mass is 10.1. The first-order chi connectivity index (χ1) is 12.4. The van der Waals surface area contributed by atoms with Gasteiger partial charge in [0.1, 0.15) is 11.3 Å². The van der Waals surface area contributed by atoms with Gasteiger partial charge in [0.25, 0.3) is 5.91 Å². The second-order valence-electron chi connectivity index (χ2n) is 5.21. The molecule has 8 heteroatoms. The van der Waals surface area contributed by atoms with Crippen molar-refractivity contribution in [3.63, 3.8) is 0 Å². The minimum absolute atomic E-state index is 0.191. The van der Waals surface area contributed by atoms with Gasteiger partial charge >= 0.3 is 12.0 Å². The van der Waals surface area contributed by atoms with Crippen LogP contribution in [0.4, 0.5) is 4.79 Å². The molecule has 0 unspecified atom stereocenters. The molecule has 136 valence electrons. The minimum atomic E-state index is -1.38. The topological polar surface area (TPSA) is 105 Å². The quantitative estimate of drug-likeness (QED) is 0.696. The molecule has 2 rings (SSSR count). The number of phenolic OH excluding ortho intramolecular Hbond substituents is 1. The van der Waals surface area contributed by atoms with Gasteiger partial charge in [-0.25, -0.2) is 9.59 Å². The van der Waals surface area contributed by atoms with Crippen molar-refractivity contribution in [2.24, 2.45) is 0 Å². The zero-order valence-corrected chi connectivity index (χ0v) is 14.6. The van der Waals surface area contributed by atoms with Crippen LogP contribution in [0.15, 0.2) is 48.5 Å². The van der Waals surface area contributed by atoms with Gasteiger partial charge in [0.15, 0.2) is 0 Å². The summed E-state index contributed by atoms with van der Waals surface area (Å²) >= 11 is 5.83. The molecule has 0 aromatic heterocycles. The van der Waals surface area contributed by atoms with E-state index in [2.05, 4.69) is 10.6 Å². The van der Waals surface area contributed by atoms with Crippen LogP contribution >= 0.6 is 11.6 Å². The zero-order valence-electron chi connectivity index (χ0n) is 13.9. The van der Waals surface area contributed by atoms with E-state index in [1.165, 1.54) is 18.2 Å². The van der Waals surface area contributed by atoms with Crippen molar-refractivity contribution in [2.45, 2.75) is 13.0 Å². The minimum Gasteiger partial charge on any atom is -0.507 e. The van der Waals surface area contributed by atoms with Gasteiger partial charge in [-0.1, -0.05) is 41.9 Å². The van der Waals surface area contributed by atoms with Gasteiger partial charge in [-0.05, 0) is 25.1 Å². The zero-order chi connectivity index (χ0) is 19.1. The number of phenols is 1. The van der Waals surface area contributed by atoms with Gasteiger partial charge < -0.3 is 15.2 Å². The number of ether oxygens (including phenoxy) is 1. The van der Waals surface area contributed by atoms with Gasteiger partial charge in [0.05, 0.1) is 0 Å². The third kappa shape index (κ3) is 4.97. The van der Waals surface area contributed by atoms with Gasteiger partial charge in [-0.3, -0.25) is 10.1 Å². The predicted octanol–water partition coefficient (Wildman–Crippen LogP) is 2.79. The molecule has 0 fully saturated rings. The van der Waals surface area contributed by atoms with Gasteiger partial charge in [-0.15, -0.1) is 0 Å². The molecule has 0 spiro atoms. The number of aromatic hydroxyl groups is 1. The van der Waals surface area contributed by atoms with Crippen molar-refractivity contribution in [2.75, 3.05) is 6.54 Å². The summed E-state index contributed by atoms with van der Waals surface area (Å²) in [6.07, 6.45) is -1.38. The summed E-state index contributed by atoms with van der Waals surface area (Å²) < 4.78 is 5.25. The fourth-order valence-electron chi connectivity index (χ4n) is 2.13. The molecule has 0 bridgehead atoms. The fourth-order valence-corrected chi connectivity index (χ4v) is 2.30. The Morgan fingerprint density at radius 2 is 1.85 bits per heavy atom. The lowest BCUT2D eigenvalue weighted by Gasteiger charge is -2.18. The maximum absolute atomic E-state index is 12.4. The highest BCUT2D eigenvalue weighted by Crippen LogP contribution is 2.25. The van der Waals surface area contributed by atoms with Crippen LogP contribution in [0.25, 0.3) is 0 Å². The molecular weight excluding hydrogens is 360 g/mol. The van der Waals surface area contributed by atoms with Gasteiger partial charge in [-0.2, -0.15) is 0 Å². The molecule has 0 radical (unpaired) electrons. The molecule has 0 saturated carbocycles. The molecule has 26 heavy (non-hydrogen) atoms. The summed E-state index contributed by atoms with van der Waals surface area (Å²) in [5.74, 6) is -2.11. The Morgan fingerprint density at radius 3 is 2.50 bits per heavy atom. The number of hydrogen-bond donors (Lipinski definition) is 3. The lowest BCUT2D eigenvalue weighted by molar-refractivity contribution is -0.129. The summed E-state index contributed by atoms with van der Waals surface area (Å²) in [5.41, 5.74) is 0.174. The normalized spacial score (nSPS) is 11.3. The van der Waals surface area contributed by atoms with Gasteiger partial charge in [0.2, 0.25) is 6.10 Å². The predicted molar refractivity (Wildman–Crippen MR) is 94.9 cm³/mol. The van der Waals surface area contributed by atoms with E-state index in [4.69, 9.17) is 16.3 Å². The number of carbonyl (C=O) groups excluding carboxylic acids is 3. The van der Waals surface area contributed by atoms with Crippen LogP contribution in [0.1, 0.15) is 28.9 Å². The number of esters is 1. The Hall–Kier alpha value is -3.06. The maximum Gasteiger partial charge on any atom is 0.343 e. The molecule has 7 nitrogen and oxygen atoms in total. The van der Waals surface area contributed by atoms with Crippen molar-refractivity contribution >= 4 is 29.5 Å². The Labute approximate surface area is 154 Å². The highest BCUT2D eigenvalue weighted by molar-refractivity contribution is 6.31. The second-order valence-corrected chi connectivity index (χ2v) is 5.64. The van der Waals surface area contributed by atoms with Crippen LogP contribution in [-0.4, -0.2) is 29.6 Å². The summed E-state index contributed by atoms with van der Waals surface area (Å²) in [7, 11) is 0. The summed E-state index contributed by atoms with van der Waals surface area (Å²) in [6.45, 7) is 2.02. The Kier molecular flexibility index (Phi) is 6.57. The molecule has 0 aliphatic carbocycles. The van der Waals surface area contributed by atoms with Crippen molar-refractivity contribution in [3.05, 3.63) is 64.7 Å².